The highest BCUT2D eigenvalue weighted by molar-refractivity contribution is 8.45. The zero-order chi connectivity index (χ0) is 27.1. The minimum atomic E-state index is -9.84. The predicted molar refractivity (Wildman–Crippen MR) is 108 cm³/mol. The van der Waals surface area contributed by atoms with E-state index in [0.717, 1.165) is 0 Å². The second-order valence-corrected chi connectivity index (χ2v) is 10.1. The number of benzene rings is 1. The van der Waals surface area contributed by atoms with Crippen molar-refractivity contribution in [2.45, 2.75) is 37.0 Å². The van der Waals surface area contributed by atoms with Gasteiger partial charge in [-0.2, -0.15) is 13.2 Å². The van der Waals surface area contributed by atoms with Crippen LogP contribution in [0.5, 0.6) is 0 Å². The van der Waals surface area contributed by atoms with Crippen LogP contribution < -0.4 is 4.90 Å². The second kappa shape index (κ2) is 8.07. The Labute approximate surface area is 192 Å². The molecule has 1 saturated heterocycles. The maximum absolute atomic E-state index is 12.9. The van der Waals surface area contributed by atoms with Gasteiger partial charge < -0.3 is 10.0 Å². The zero-order valence-corrected chi connectivity index (χ0v) is 18.6. The van der Waals surface area contributed by atoms with Gasteiger partial charge in [-0.05, 0) is 55.8 Å². The first-order valence-electron chi connectivity index (χ1n) is 9.25. The maximum atomic E-state index is 12.9. The average Bonchev–Trinajstić information content (AvgIpc) is 2.86. The number of alkyl halides is 3. The topological polar surface area (TPSA) is 90.8 Å². The number of aromatic nitrogens is 1. The van der Waals surface area contributed by atoms with E-state index in [4.69, 9.17) is 9.90 Å². The summed E-state index contributed by atoms with van der Waals surface area (Å²) in [5.74, 6) is -3.43. The molecule has 2 heterocycles. The smallest absolute Gasteiger partial charge is 0.475 e. The van der Waals surface area contributed by atoms with Gasteiger partial charge in [-0.1, -0.05) is 19.4 Å². The van der Waals surface area contributed by atoms with Gasteiger partial charge >= 0.3 is 28.4 Å². The molecule has 0 aliphatic carbocycles. The second-order valence-electron chi connectivity index (χ2n) is 7.69. The summed E-state index contributed by atoms with van der Waals surface area (Å²) in [7, 11) is -9.84. The van der Waals surface area contributed by atoms with Crippen LogP contribution in [0.1, 0.15) is 19.4 Å². The van der Waals surface area contributed by atoms with Gasteiger partial charge in [-0.25, -0.2) is 14.5 Å². The molecule has 2 aromatic rings. The summed E-state index contributed by atoms with van der Waals surface area (Å²) < 4.78 is 96.1. The third-order valence-corrected chi connectivity index (χ3v) is 5.86. The highest BCUT2D eigenvalue weighted by atomic mass is 32.5. The molecule has 194 valence electrons. The van der Waals surface area contributed by atoms with E-state index in [1.807, 2.05) is 0 Å². The van der Waals surface area contributed by atoms with Crippen molar-refractivity contribution in [1.82, 2.24) is 9.88 Å². The molecule has 3 amide bonds. The number of amides is 3. The Bertz CT molecular complexity index is 1140. The van der Waals surface area contributed by atoms with E-state index in [1.165, 1.54) is 31.1 Å². The number of pyridine rings is 1. The Kier molecular flexibility index (Phi) is 6.41. The number of hydrogen-bond donors (Lipinski definition) is 1. The molecule has 7 nitrogen and oxygen atoms in total. The normalized spacial score (nSPS) is 17.9. The number of anilines is 1. The number of rotatable bonds is 4. The lowest BCUT2D eigenvalue weighted by atomic mass is 10.0. The lowest BCUT2D eigenvalue weighted by Gasteiger charge is -2.40. The minimum Gasteiger partial charge on any atom is -0.475 e. The fourth-order valence-corrected chi connectivity index (χ4v) is 3.50. The standard InChI is InChI=1S/C17H16F5N3O2S.C2HF3O2/c1-17(2)15(26)25(16(27)24(17)11-12-7-9-23-10-8-12)13-3-5-14(6-4-13)28(18,19,20,21)22;3-2(4,5)1(6)7/h3-10H,11H2,1-2H3;(H,6,7). The van der Waals surface area contributed by atoms with Crippen molar-refractivity contribution in [3.63, 3.8) is 0 Å². The van der Waals surface area contributed by atoms with Gasteiger partial charge in [0.1, 0.15) is 10.4 Å². The van der Waals surface area contributed by atoms with Crippen molar-refractivity contribution in [1.29, 1.82) is 0 Å². The summed E-state index contributed by atoms with van der Waals surface area (Å²) in [6.07, 6.45) is -2.05. The van der Waals surface area contributed by atoms with Gasteiger partial charge in [0.15, 0.2) is 0 Å². The number of hydrogen-bond acceptors (Lipinski definition) is 4. The zero-order valence-electron chi connectivity index (χ0n) is 17.8. The Balaban J connectivity index is 0.000000540. The van der Waals surface area contributed by atoms with Gasteiger partial charge in [-0.15, -0.1) is 0 Å². The number of urea groups is 1. The third kappa shape index (κ3) is 6.37. The predicted octanol–water partition coefficient (Wildman–Crippen LogP) is 6.12. The monoisotopic (exact) mass is 535 g/mol. The molecule has 1 aromatic carbocycles. The van der Waals surface area contributed by atoms with Crippen molar-refractivity contribution >= 4 is 33.8 Å². The number of imide groups is 1. The van der Waals surface area contributed by atoms with Crippen LogP contribution in [-0.4, -0.2) is 44.6 Å². The first-order valence-corrected chi connectivity index (χ1v) is 11.2. The Hall–Kier alpha value is -3.43. The lowest BCUT2D eigenvalue weighted by Crippen LogP contribution is -2.43. The molecule has 0 atom stereocenters. The van der Waals surface area contributed by atoms with Crippen LogP contribution in [0.2, 0.25) is 0 Å². The van der Waals surface area contributed by atoms with Crippen LogP contribution in [-0.2, 0) is 16.1 Å². The fourth-order valence-electron chi connectivity index (χ4n) is 2.85. The molecule has 0 spiro atoms. The number of carboxylic acid groups (broad SMARTS) is 1. The molecule has 1 N–H and O–H groups in total. The summed E-state index contributed by atoms with van der Waals surface area (Å²) in [6.45, 7) is 3.06. The van der Waals surface area contributed by atoms with Gasteiger partial charge in [0.25, 0.3) is 5.91 Å². The number of carboxylic acids is 1. The Morgan fingerprint density at radius 2 is 1.43 bits per heavy atom. The highest BCUT2D eigenvalue weighted by Crippen LogP contribution is 3.02. The number of halogens is 8. The molecule has 1 aliphatic rings. The highest BCUT2D eigenvalue weighted by Gasteiger charge is 2.65. The van der Waals surface area contributed by atoms with Crippen molar-refractivity contribution in [2.24, 2.45) is 0 Å². The first-order chi connectivity index (χ1) is 15.6. The number of nitrogens with zero attached hydrogens (tertiary/aromatic N) is 3. The van der Waals surface area contributed by atoms with Crippen LogP contribution in [0.4, 0.5) is 43.1 Å². The van der Waals surface area contributed by atoms with E-state index in [9.17, 15) is 42.2 Å². The molecule has 1 fully saturated rings. The molecule has 3 rings (SSSR count). The summed E-state index contributed by atoms with van der Waals surface area (Å²) in [6, 6.07) is 4.28. The van der Waals surface area contributed by atoms with E-state index in [1.54, 1.807) is 12.1 Å². The molecule has 16 heteroatoms. The molecule has 0 bridgehead atoms. The van der Waals surface area contributed by atoms with Crippen LogP contribution in [0.3, 0.4) is 0 Å². The van der Waals surface area contributed by atoms with E-state index in [2.05, 4.69) is 4.98 Å². The largest absolute Gasteiger partial charge is 0.490 e. The summed E-state index contributed by atoms with van der Waals surface area (Å²) in [5, 5.41) is 7.12. The molecule has 1 aromatic heterocycles. The molecule has 0 unspecified atom stereocenters. The number of aliphatic carboxylic acids is 1. The summed E-state index contributed by atoms with van der Waals surface area (Å²) in [5.41, 5.74) is -0.799. The molecule has 35 heavy (non-hydrogen) atoms. The first kappa shape index (κ1) is 27.8. The van der Waals surface area contributed by atoms with Crippen molar-refractivity contribution < 1.29 is 52.1 Å². The number of carbonyl (C=O) groups excluding carboxylic acids is 2. The number of carbonyl (C=O) groups is 3. The summed E-state index contributed by atoms with van der Waals surface area (Å²) >= 11 is 0. The Morgan fingerprint density at radius 3 is 1.83 bits per heavy atom. The van der Waals surface area contributed by atoms with E-state index < -0.39 is 44.7 Å². The molecule has 0 saturated carbocycles. The third-order valence-electron chi connectivity index (χ3n) is 4.70. The van der Waals surface area contributed by atoms with E-state index >= 15 is 0 Å². The van der Waals surface area contributed by atoms with E-state index in [-0.39, 0.29) is 24.4 Å². The molecular weight excluding hydrogens is 518 g/mol. The van der Waals surface area contributed by atoms with Gasteiger partial charge in [0.2, 0.25) is 0 Å². The van der Waals surface area contributed by atoms with Gasteiger partial charge in [-0.3, -0.25) is 9.78 Å². The van der Waals surface area contributed by atoms with Crippen molar-refractivity contribution in [3.05, 3.63) is 54.4 Å². The van der Waals surface area contributed by atoms with E-state index in [0.29, 0.717) is 22.6 Å². The molecule has 1 aliphatic heterocycles. The van der Waals surface area contributed by atoms with Gasteiger partial charge in [0, 0.05) is 18.9 Å². The lowest BCUT2D eigenvalue weighted by molar-refractivity contribution is -0.192. The maximum Gasteiger partial charge on any atom is 0.490 e. The van der Waals surface area contributed by atoms with Crippen molar-refractivity contribution in [3.8, 4) is 0 Å². The minimum absolute atomic E-state index is 0.0696. The fraction of sp³-hybridized carbons (Fsp3) is 0.263. The SMILES string of the molecule is CC1(C)C(=O)N(c2ccc(S(F)(F)(F)(F)F)cc2)C(=O)N1Cc1ccncc1.O=C(O)C(F)(F)F. The molecule has 0 radical (unpaired) electrons. The Morgan fingerprint density at radius 1 is 0.971 bits per heavy atom. The van der Waals surface area contributed by atoms with Crippen LogP contribution >= 0.6 is 10.2 Å². The van der Waals surface area contributed by atoms with Crippen LogP contribution in [0, 0.1) is 0 Å². The summed E-state index contributed by atoms with van der Waals surface area (Å²) in [4.78, 5) is 38.1. The van der Waals surface area contributed by atoms with Crippen LogP contribution in [0.25, 0.3) is 0 Å². The van der Waals surface area contributed by atoms with Crippen LogP contribution in [0.15, 0.2) is 53.7 Å². The van der Waals surface area contributed by atoms with Gasteiger partial charge in [0.05, 0.1) is 5.69 Å². The molecular formula is C19H17F8N3O4S. The average molecular weight is 535 g/mol. The quantitative estimate of drug-likeness (QED) is 0.376. The van der Waals surface area contributed by atoms with Crippen molar-refractivity contribution in [2.75, 3.05) is 4.90 Å².